The Morgan fingerprint density at radius 2 is 1.97 bits per heavy atom. The Kier molecular flexibility index (Phi) is 6.16. The van der Waals surface area contributed by atoms with Crippen molar-refractivity contribution < 1.29 is 23.1 Å². The van der Waals surface area contributed by atoms with Crippen LogP contribution < -0.4 is 14.8 Å². The molecule has 176 valence electrons. The van der Waals surface area contributed by atoms with Crippen LogP contribution in [0.5, 0.6) is 11.5 Å². The van der Waals surface area contributed by atoms with Gasteiger partial charge in [0.2, 0.25) is 12.6 Å². The van der Waals surface area contributed by atoms with E-state index in [1.54, 1.807) is 19.2 Å². The number of ether oxygens (including phenoxy) is 3. The summed E-state index contributed by atoms with van der Waals surface area (Å²) in [6, 6.07) is 11.4. The predicted octanol–water partition coefficient (Wildman–Crippen LogP) is 4.30. The lowest BCUT2D eigenvalue weighted by Gasteiger charge is -2.37. The summed E-state index contributed by atoms with van der Waals surface area (Å²) in [5, 5.41) is 8.14. The molecule has 3 aromatic rings. The molecule has 0 amide bonds. The van der Waals surface area contributed by atoms with E-state index in [0.717, 1.165) is 28.8 Å². The highest BCUT2D eigenvalue weighted by atomic mass is 32.1. The molecule has 10 heteroatoms. The van der Waals surface area contributed by atoms with Crippen molar-refractivity contribution in [3.63, 3.8) is 0 Å². The Hall–Kier alpha value is -3.50. The lowest BCUT2D eigenvalue weighted by Crippen LogP contribution is -2.46. The molecular formula is C24H23FN4O4S. The van der Waals surface area contributed by atoms with Gasteiger partial charge in [0.15, 0.2) is 16.6 Å². The number of allylic oxidation sites excluding steroid dienone is 1. The minimum absolute atomic E-state index is 0.187. The highest BCUT2D eigenvalue weighted by molar-refractivity contribution is 7.80. The molecule has 3 heterocycles. The second-order valence-electron chi connectivity index (χ2n) is 7.92. The lowest BCUT2D eigenvalue weighted by atomic mass is 9.94. The number of hydrogen-bond donors (Lipinski definition) is 1. The van der Waals surface area contributed by atoms with Crippen LogP contribution in [0, 0.1) is 5.82 Å². The summed E-state index contributed by atoms with van der Waals surface area (Å²) in [4.78, 5) is 6.68. The monoisotopic (exact) mass is 482 g/mol. The van der Waals surface area contributed by atoms with Gasteiger partial charge in [-0.05, 0) is 61.5 Å². The Labute approximate surface area is 201 Å². The summed E-state index contributed by atoms with van der Waals surface area (Å²) in [5.41, 5.74) is 3.23. The number of fused-ring (bicyclic) bond motifs is 1. The molecular weight excluding hydrogens is 459 g/mol. The molecule has 2 aromatic carbocycles. The van der Waals surface area contributed by atoms with Crippen molar-refractivity contribution in [3.05, 3.63) is 65.4 Å². The molecule has 0 spiro atoms. The molecule has 5 rings (SSSR count). The summed E-state index contributed by atoms with van der Waals surface area (Å²) >= 11 is 5.66. The van der Waals surface area contributed by atoms with Gasteiger partial charge in [-0.2, -0.15) is 4.98 Å². The minimum Gasteiger partial charge on any atom is -0.454 e. The maximum Gasteiger partial charge on any atom is 0.258 e. The maximum absolute atomic E-state index is 13.6. The molecule has 2 aliphatic heterocycles. The van der Waals surface area contributed by atoms with E-state index in [1.807, 2.05) is 30.0 Å². The van der Waals surface area contributed by atoms with Crippen molar-refractivity contribution in [1.82, 2.24) is 20.4 Å². The second kappa shape index (κ2) is 9.40. The normalized spacial score (nSPS) is 17.3. The first-order valence-corrected chi connectivity index (χ1v) is 11.2. The average molecular weight is 483 g/mol. The highest BCUT2D eigenvalue weighted by Gasteiger charge is 2.34. The fraction of sp³-hybridized carbons (Fsp3) is 0.292. The maximum atomic E-state index is 13.6. The zero-order valence-corrected chi connectivity index (χ0v) is 19.5. The first-order chi connectivity index (χ1) is 16.5. The van der Waals surface area contributed by atoms with E-state index < -0.39 is 0 Å². The Bertz CT molecular complexity index is 1240. The Balaban J connectivity index is 1.54. The molecule has 2 aliphatic rings. The molecule has 1 N–H and O–H groups in total. The number of benzene rings is 2. The number of thiocarbonyl (C=S) groups is 1. The molecule has 0 saturated heterocycles. The average Bonchev–Trinajstić information content (AvgIpc) is 3.50. The molecule has 0 aliphatic carbocycles. The van der Waals surface area contributed by atoms with Crippen molar-refractivity contribution in [2.24, 2.45) is 0 Å². The molecule has 8 nitrogen and oxygen atoms in total. The van der Waals surface area contributed by atoms with Crippen LogP contribution >= 0.6 is 12.2 Å². The summed E-state index contributed by atoms with van der Waals surface area (Å²) in [5.74, 6) is 1.78. The number of methoxy groups -OCH3 is 1. The predicted molar refractivity (Wildman–Crippen MR) is 127 cm³/mol. The van der Waals surface area contributed by atoms with Crippen LogP contribution in [0.1, 0.15) is 30.8 Å². The lowest BCUT2D eigenvalue weighted by molar-refractivity contribution is 0.174. The minimum atomic E-state index is -0.378. The standard InChI is InChI=1S/C24H23FN4O4S/c1-14-20(23-27-22(28-33-23)16-6-9-18-19(12-16)32-13-31-18)21(15-4-7-17(25)8-5-15)26-24(34)29(14)10-3-11-30-2/h4-9,12,21H,3,10-11,13H2,1-2H3,(H,26,34). The number of aromatic nitrogens is 2. The van der Waals surface area contributed by atoms with E-state index in [1.165, 1.54) is 12.1 Å². The van der Waals surface area contributed by atoms with Crippen LogP contribution in [0.15, 0.2) is 52.7 Å². The van der Waals surface area contributed by atoms with E-state index in [9.17, 15) is 4.39 Å². The van der Waals surface area contributed by atoms with Crippen molar-refractivity contribution in [2.45, 2.75) is 19.4 Å². The smallest absolute Gasteiger partial charge is 0.258 e. The third-order valence-corrected chi connectivity index (χ3v) is 6.16. The molecule has 0 radical (unpaired) electrons. The Morgan fingerprint density at radius 3 is 2.76 bits per heavy atom. The van der Waals surface area contributed by atoms with Crippen LogP contribution in [0.25, 0.3) is 17.0 Å². The van der Waals surface area contributed by atoms with Crippen molar-refractivity contribution in [3.8, 4) is 22.9 Å². The molecule has 1 aromatic heterocycles. The SMILES string of the molecule is COCCCN1C(=S)NC(c2ccc(F)cc2)C(c2nc(-c3ccc4c(c3)OCO4)no2)=C1C. The number of hydrogen-bond acceptors (Lipinski definition) is 7. The van der Waals surface area contributed by atoms with E-state index in [-0.39, 0.29) is 18.7 Å². The summed E-state index contributed by atoms with van der Waals surface area (Å²) in [7, 11) is 1.67. The van der Waals surface area contributed by atoms with E-state index in [4.69, 9.17) is 31.0 Å². The van der Waals surface area contributed by atoms with Crippen LogP contribution in [0.4, 0.5) is 4.39 Å². The van der Waals surface area contributed by atoms with Gasteiger partial charge in [0, 0.05) is 31.5 Å². The number of nitrogens with one attached hydrogen (secondary N) is 1. The van der Waals surface area contributed by atoms with Gasteiger partial charge in [-0.3, -0.25) is 0 Å². The number of nitrogens with zero attached hydrogens (tertiary/aromatic N) is 3. The molecule has 0 saturated carbocycles. The van der Waals surface area contributed by atoms with Crippen LogP contribution in [-0.4, -0.2) is 47.2 Å². The van der Waals surface area contributed by atoms with E-state index in [0.29, 0.717) is 41.5 Å². The number of halogens is 1. The highest BCUT2D eigenvalue weighted by Crippen LogP contribution is 2.39. The van der Waals surface area contributed by atoms with Gasteiger partial charge in [0.25, 0.3) is 5.89 Å². The summed E-state index contributed by atoms with van der Waals surface area (Å²) < 4.78 is 35.4. The summed E-state index contributed by atoms with van der Waals surface area (Å²) in [6.45, 7) is 3.43. The van der Waals surface area contributed by atoms with Gasteiger partial charge in [0.1, 0.15) is 5.82 Å². The largest absolute Gasteiger partial charge is 0.454 e. The third kappa shape index (κ3) is 4.22. The van der Waals surface area contributed by atoms with Crippen molar-refractivity contribution in [2.75, 3.05) is 27.1 Å². The van der Waals surface area contributed by atoms with Gasteiger partial charge < -0.3 is 29.0 Å². The first-order valence-electron chi connectivity index (χ1n) is 10.8. The van der Waals surface area contributed by atoms with Gasteiger partial charge in [0.05, 0.1) is 11.6 Å². The van der Waals surface area contributed by atoms with Gasteiger partial charge in [-0.1, -0.05) is 17.3 Å². The Morgan fingerprint density at radius 1 is 1.18 bits per heavy atom. The molecule has 1 unspecified atom stereocenters. The van der Waals surface area contributed by atoms with Gasteiger partial charge >= 0.3 is 0 Å². The molecule has 34 heavy (non-hydrogen) atoms. The molecule has 1 atom stereocenters. The quantitative estimate of drug-likeness (QED) is 0.391. The zero-order valence-electron chi connectivity index (χ0n) is 18.7. The molecule has 0 bridgehead atoms. The van der Waals surface area contributed by atoms with Crippen molar-refractivity contribution >= 4 is 22.9 Å². The van der Waals surface area contributed by atoms with Gasteiger partial charge in [-0.15, -0.1) is 0 Å². The zero-order chi connectivity index (χ0) is 23.7. The van der Waals surface area contributed by atoms with Crippen LogP contribution in [0.3, 0.4) is 0 Å². The molecule has 0 fully saturated rings. The van der Waals surface area contributed by atoms with Crippen LogP contribution in [0.2, 0.25) is 0 Å². The third-order valence-electron chi connectivity index (χ3n) is 5.82. The number of rotatable bonds is 7. The van der Waals surface area contributed by atoms with Gasteiger partial charge in [-0.25, -0.2) is 4.39 Å². The topological polar surface area (TPSA) is 81.9 Å². The fourth-order valence-corrected chi connectivity index (χ4v) is 4.43. The van der Waals surface area contributed by atoms with E-state index >= 15 is 0 Å². The fourth-order valence-electron chi connectivity index (χ4n) is 4.09. The van der Waals surface area contributed by atoms with Crippen LogP contribution in [-0.2, 0) is 4.74 Å². The van der Waals surface area contributed by atoms with Crippen molar-refractivity contribution in [1.29, 1.82) is 0 Å². The summed E-state index contributed by atoms with van der Waals surface area (Å²) in [6.07, 6.45) is 0.788. The van der Waals surface area contributed by atoms with E-state index in [2.05, 4.69) is 15.5 Å². The second-order valence-corrected chi connectivity index (χ2v) is 8.31. The first kappa shape index (κ1) is 22.3.